The van der Waals surface area contributed by atoms with Crippen molar-refractivity contribution in [3.05, 3.63) is 28.1 Å². The number of methoxy groups -OCH3 is 1. The Balaban J connectivity index is 1.26. The largest absolute Gasteiger partial charge is 0.493 e. The fourth-order valence-corrected chi connectivity index (χ4v) is 9.77. The first kappa shape index (κ1) is 21.4. The number of hydrogen-bond donors (Lipinski definition) is 1. The molecule has 2 aromatic rings. The van der Waals surface area contributed by atoms with Gasteiger partial charge >= 0.3 is 0 Å². The number of rotatable bonds is 6. The van der Waals surface area contributed by atoms with Crippen molar-refractivity contribution in [2.75, 3.05) is 13.7 Å². The van der Waals surface area contributed by atoms with Gasteiger partial charge in [0.15, 0.2) is 18.1 Å². The molecule has 4 aliphatic carbocycles. The van der Waals surface area contributed by atoms with Crippen molar-refractivity contribution in [1.82, 2.24) is 5.32 Å². The van der Waals surface area contributed by atoms with Gasteiger partial charge in [0.1, 0.15) is 3.82 Å². The lowest BCUT2D eigenvalue weighted by atomic mass is 9.43. The first-order chi connectivity index (χ1) is 14.7. The first-order valence-corrected chi connectivity index (χ1v) is 13.5. The number of carbonyl (C=O) groups excluding carboxylic acids is 1. The van der Waals surface area contributed by atoms with Crippen molar-refractivity contribution in [2.24, 2.45) is 16.7 Å². The lowest BCUT2D eigenvalue weighted by Crippen LogP contribution is -2.65. The number of ether oxygens (including phenoxy) is 2. The molecule has 0 saturated heterocycles. The van der Waals surface area contributed by atoms with Crippen molar-refractivity contribution in [1.29, 1.82) is 0 Å². The van der Waals surface area contributed by atoms with Gasteiger partial charge in [0, 0.05) is 10.4 Å². The molecule has 4 aliphatic rings. The van der Waals surface area contributed by atoms with Crippen LogP contribution in [-0.2, 0) is 4.79 Å². The van der Waals surface area contributed by atoms with Gasteiger partial charge in [-0.15, -0.1) is 0 Å². The van der Waals surface area contributed by atoms with Crippen LogP contribution < -0.4 is 14.8 Å². The highest BCUT2D eigenvalue weighted by molar-refractivity contribution is 7.80. The highest BCUT2D eigenvalue weighted by Crippen LogP contribution is 2.66. The highest BCUT2D eigenvalue weighted by atomic mass is 32.9. The minimum atomic E-state index is -0.0560. The molecule has 7 heteroatoms. The van der Waals surface area contributed by atoms with Gasteiger partial charge in [-0.2, -0.15) is 0 Å². The molecule has 1 aromatic carbocycles. The van der Waals surface area contributed by atoms with Crippen LogP contribution in [0.25, 0.3) is 10.4 Å². The average molecular weight is 476 g/mol. The second-order valence-corrected chi connectivity index (χ2v) is 13.5. The Kier molecular flexibility index (Phi) is 5.22. The van der Waals surface area contributed by atoms with E-state index in [2.05, 4.69) is 19.2 Å². The standard InChI is InChI=1S/C24H29NO3S3/c1-22-8-15-9-23(2,12-22)14-24(10-15,13-22)25-20(26)11-28-17-5-4-16(6-18(17)27-3)19-7-21(29)31-30-19/h4-7,15H,8-14H2,1-3H3,(H,25,26). The fraction of sp³-hybridized carbons (Fsp3) is 0.583. The van der Waals surface area contributed by atoms with Crippen LogP contribution in [0.2, 0.25) is 0 Å². The predicted octanol–water partition coefficient (Wildman–Crippen LogP) is 6.46. The van der Waals surface area contributed by atoms with Crippen molar-refractivity contribution >= 4 is 38.8 Å². The zero-order valence-electron chi connectivity index (χ0n) is 18.3. The van der Waals surface area contributed by atoms with Crippen LogP contribution in [0.15, 0.2) is 24.3 Å². The molecule has 1 aromatic heterocycles. The molecule has 0 spiro atoms. The lowest BCUT2D eigenvalue weighted by molar-refractivity contribution is -0.141. The van der Waals surface area contributed by atoms with Crippen LogP contribution in [-0.4, -0.2) is 25.2 Å². The molecule has 4 saturated carbocycles. The van der Waals surface area contributed by atoms with Gasteiger partial charge in [0.05, 0.1) is 7.11 Å². The van der Waals surface area contributed by atoms with E-state index in [0.717, 1.165) is 39.4 Å². The molecule has 166 valence electrons. The molecule has 2 atom stereocenters. The summed E-state index contributed by atoms with van der Waals surface area (Å²) in [6.45, 7) is 4.85. The number of hydrogen-bond acceptors (Lipinski definition) is 6. The molecular weight excluding hydrogens is 446 g/mol. The third kappa shape index (κ3) is 4.16. The maximum Gasteiger partial charge on any atom is 0.258 e. The van der Waals surface area contributed by atoms with E-state index in [1.54, 1.807) is 27.8 Å². The second kappa shape index (κ2) is 7.56. The summed E-state index contributed by atoms with van der Waals surface area (Å²) in [4.78, 5) is 14.0. The lowest BCUT2D eigenvalue weighted by Gasteiger charge is -2.65. The number of nitrogens with one attached hydrogen (secondary N) is 1. The van der Waals surface area contributed by atoms with E-state index in [1.165, 1.54) is 19.3 Å². The Morgan fingerprint density at radius 3 is 2.45 bits per heavy atom. The normalized spacial score (nSPS) is 33.3. The molecule has 0 aliphatic heterocycles. The van der Waals surface area contributed by atoms with Gasteiger partial charge in [0.25, 0.3) is 5.91 Å². The first-order valence-electron chi connectivity index (χ1n) is 10.9. The van der Waals surface area contributed by atoms with E-state index >= 15 is 0 Å². The van der Waals surface area contributed by atoms with Crippen molar-refractivity contribution in [3.8, 4) is 21.9 Å². The van der Waals surface area contributed by atoms with E-state index in [0.29, 0.717) is 22.3 Å². The van der Waals surface area contributed by atoms with Gasteiger partial charge in [-0.1, -0.05) is 46.7 Å². The van der Waals surface area contributed by atoms with Crippen molar-refractivity contribution < 1.29 is 14.3 Å². The predicted molar refractivity (Wildman–Crippen MR) is 129 cm³/mol. The maximum atomic E-state index is 12.9. The number of amides is 1. The summed E-state index contributed by atoms with van der Waals surface area (Å²) in [7, 11) is 4.86. The molecule has 1 heterocycles. The van der Waals surface area contributed by atoms with Crippen LogP contribution in [0.3, 0.4) is 0 Å². The third-order valence-electron chi connectivity index (χ3n) is 7.30. The third-order valence-corrected chi connectivity index (χ3v) is 10.2. The molecular formula is C24H29NO3S3. The molecule has 1 N–H and O–H groups in total. The summed E-state index contributed by atoms with van der Waals surface area (Å²) in [5.41, 5.74) is 1.73. The Labute approximate surface area is 196 Å². The second-order valence-electron chi connectivity index (χ2n) is 10.6. The Bertz CT molecular complexity index is 1060. The van der Waals surface area contributed by atoms with E-state index in [-0.39, 0.29) is 18.1 Å². The Morgan fingerprint density at radius 1 is 1.10 bits per heavy atom. The van der Waals surface area contributed by atoms with Gasteiger partial charge in [-0.3, -0.25) is 4.79 Å². The van der Waals surface area contributed by atoms with Gasteiger partial charge in [0.2, 0.25) is 0 Å². The number of carbonyl (C=O) groups is 1. The van der Waals surface area contributed by atoms with Crippen LogP contribution in [0.5, 0.6) is 11.5 Å². The summed E-state index contributed by atoms with van der Waals surface area (Å²) in [5.74, 6) is 1.93. The fourth-order valence-electron chi connectivity index (χ4n) is 7.37. The monoisotopic (exact) mass is 475 g/mol. The summed E-state index contributed by atoms with van der Waals surface area (Å²) < 4.78 is 12.3. The molecule has 4 fully saturated rings. The summed E-state index contributed by atoms with van der Waals surface area (Å²) >= 11 is 5.24. The molecule has 2 unspecified atom stereocenters. The Morgan fingerprint density at radius 2 is 1.84 bits per heavy atom. The smallest absolute Gasteiger partial charge is 0.258 e. The van der Waals surface area contributed by atoms with Crippen molar-refractivity contribution in [3.63, 3.8) is 0 Å². The average Bonchev–Trinajstić information content (AvgIpc) is 3.09. The van der Waals surface area contributed by atoms with E-state index in [9.17, 15) is 4.79 Å². The zero-order valence-corrected chi connectivity index (χ0v) is 20.7. The Hall–Kier alpha value is -1.44. The molecule has 0 radical (unpaired) electrons. The topological polar surface area (TPSA) is 47.6 Å². The zero-order chi connectivity index (χ0) is 21.9. The quantitative estimate of drug-likeness (QED) is 0.385. The van der Waals surface area contributed by atoms with Gasteiger partial charge in [-0.25, -0.2) is 0 Å². The van der Waals surface area contributed by atoms with Crippen LogP contribution in [0, 0.1) is 20.6 Å². The summed E-state index contributed by atoms with van der Waals surface area (Å²) in [6.07, 6.45) is 7.25. The molecule has 4 bridgehead atoms. The van der Waals surface area contributed by atoms with E-state index < -0.39 is 0 Å². The minimum absolute atomic E-state index is 0.00688. The number of benzene rings is 1. The molecule has 1 amide bonds. The van der Waals surface area contributed by atoms with Crippen LogP contribution >= 0.6 is 32.9 Å². The molecule has 4 nitrogen and oxygen atoms in total. The van der Waals surface area contributed by atoms with Crippen LogP contribution in [0.4, 0.5) is 0 Å². The van der Waals surface area contributed by atoms with Gasteiger partial charge in [-0.05, 0) is 85.1 Å². The van der Waals surface area contributed by atoms with Crippen molar-refractivity contribution in [2.45, 2.75) is 57.9 Å². The maximum absolute atomic E-state index is 12.9. The van der Waals surface area contributed by atoms with E-state index in [4.69, 9.17) is 21.7 Å². The van der Waals surface area contributed by atoms with Gasteiger partial charge < -0.3 is 14.8 Å². The minimum Gasteiger partial charge on any atom is -0.493 e. The summed E-state index contributed by atoms with van der Waals surface area (Å²) in [6, 6.07) is 7.81. The highest BCUT2D eigenvalue weighted by Gasteiger charge is 2.60. The molecule has 31 heavy (non-hydrogen) atoms. The summed E-state index contributed by atoms with van der Waals surface area (Å²) in [5, 5.41) is 3.41. The molecule has 6 rings (SSSR count). The SMILES string of the molecule is COc1cc(-c2cc(=S)ss2)ccc1OCC(=O)NC12CC3CC(C)(CC(C)(C3)C1)C2. The van der Waals surface area contributed by atoms with Crippen LogP contribution in [0.1, 0.15) is 52.4 Å². The van der Waals surface area contributed by atoms with E-state index in [1.807, 2.05) is 24.3 Å².